The van der Waals surface area contributed by atoms with Crippen LogP contribution < -0.4 is 4.72 Å². The van der Waals surface area contributed by atoms with Gasteiger partial charge in [-0.05, 0) is 24.7 Å². The van der Waals surface area contributed by atoms with Gasteiger partial charge in [0, 0.05) is 6.54 Å². The Labute approximate surface area is 81.0 Å². The van der Waals surface area contributed by atoms with E-state index in [0.29, 0.717) is 12.5 Å². The first-order valence-electron chi connectivity index (χ1n) is 4.92. The molecule has 1 N–H and O–H groups in total. The van der Waals surface area contributed by atoms with Crippen molar-refractivity contribution in [3.63, 3.8) is 0 Å². The van der Waals surface area contributed by atoms with Crippen molar-refractivity contribution in [3.8, 4) is 0 Å². The van der Waals surface area contributed by atoms with Crippen LogP contribution >= 0.6 is 0 Å². The summed E-state index contributed by atoms with van der Waals surface area (Å²) in [5, 5.41) is 0. The summed E-state index contributed by atoms with van der Waals surface area (Å²) in [7, 11) is -2.99. The van der Waals surface area contributed by atoms with Crippen LogP contribution in [-0.4, -0.2) is 21.2 Å². The Bertz CT molecular complexity index is 248. The van der Waals surface area contributed by atoms with Gasteiger partial charge >= 0.3 is 0 Å². The molecule has 3 nitrogen and oxygen atoms in total. The largest absolute Gasteiger partial charge is 0.215 e. The van der Waals surface area contributed by atoms with Crippen molar-refractivity contribution in [3.05, 3.63) is 0 Å². The molecule has 0 heterocycles. The summed E-state index contributed by atoms with van der Waals surface area (Å²) in [5.74, 6) is 1.32. The van der Waals surface area contributed by atoms with Gasteiger partial charge in [-0.15, -0.1) is 0 Å². The number of hydrogen-bond acceptors (Lipinski definition) is 2. The second kappa shape index (κ2) is 4.42. The van der Waals surface area contributed by atoms with Crippen LogP contribution in [0.15, 0.2) is 0 Å². The van der Waals surface area contributed by atoms with E-state index in [1.807, 2.05) is 0 Å². The Morgan fingerprint density at radius 2 is 2.08 bits per heavy atom. The summed E-state index contributed by atoms with van der Waals surface area (Å²) in [4.78, 5) is 0. The molecule has 0 aromatic heterocycles. The van der Waals surface area contributed by atoms with Gasteiger partial charge in [-0.3, -0.25) is 0 Å². The minimum absolute atomic E-state index is 0.554. The maximum Gasteiger partial charge on any atom is 0.208 e. The highest BCUT2D eigenvalue weighted by molar-refractivity contribution is 7.88. The zero-order chi connectivity index (χ0) is 9.90. The Morgan fingerprint density at radius 3 is 2.62 bits per heavy atom. The number of nitrogens with one attached hydrogen (secondary N) is 1. The van der Waals surface area contributed by atoms with Gasteiger partial charge in [0.2, 0.25) is 10.0 Å². The van der Waals surface area contributed by atoms with Crippen LogP contribution in [0.4, 0.5) is 0 Å². The Morgan fingerprint density at radius 1 is 1.38 bits per heavy atom. The first-order valence-corrected chi connectivity index (χ1v) is 6.81. The van der Waals surface area contributed by atoms with Crippen LogP contribution in [0.2, 0.25) is 0 Å². The highest BCUT2D eigenvalue weighted by Gasteiger charge is 2.19. The summed E-state index contributed by atoms with van der Waals surface area (Å²) in [6.07, 6.45) is 6.11. The Hall–Kier alpha value is -0.0900. The summed E-state index contributed by atoms with van der Waals surface area (Å²) >= 11 is 0. The third-order valence-electron chi connectivity index (χ3n) is 2.68. The fraction of sp³-hybridized carbons (Fsp3) is 1.00. The van der Waals surface area contributed by atoms with Gasteiger partial charge in [-0.2, -0.15) is 0 Å². The maximum atomic E-state index is 10.8. The normalized spacial score (nSPS) is 30.3. The van der Waals surface area contributed by atoms with Crippen LogP contribution in [0.25, 0.3) is 0 Å². The summed E-state index contributed by atoms with van der Waals surface area (Å²) in [6.45, 7) is 2.87. The van der Waals surface area contributed by atoms with Crippen molar-refractivity contribution >= 4 is 10.0 Å². The molecule has 78 valence electrons. The molecule has 0 spiro atoms. The molecule has 4 heteroatoms. The van der Waals surface area contributed by atoms with Crippen molar-refractivity contribution in [1.82, 2.24) is 4.72 Å². The molecule has 1 aliphatic carbocycles. The van der Waals surface area contributed by atoms with E-state index in [4.69, 9.17) is 0 Å². The second-order valence-electron chi connectivity index (χ2n) is 4.26. The lowest BCUT2D eigenvalue weighted by Crippen LogP contribution is -2.30. The molecule has 1 rings (SSSR count). The molecular formula is C9H19NO2S. The molecule has 0 aromatic carbocycles. The van der Waals surface area contributed by atoms with Crippen LogP contribution in [0.3, 0.4) is 0 Å². The van der Waals surface area contributed by atoms with Crippen LogP contribution in [-0.2, 0) is 10.0 Å². The lowest BCUT2D eigenvalue weighted by Gasteiger charge is -2.26. The second-order valence-corrected chi connectivity index (χ2v) is 6.09. The molecule has 1 aliphatic rings. The molecule has 0 amide bonds. The maximum absolute atomic E-state index is 10.8. The average molecular weight is 205 g/mol. The van der Waals surface area contributed by atoms with Crippen molar-refractivity contribution in [1.29, 1.82) is 0 Å². The topological polar surface area (TPSA) is 46.2 Å². The van der Waals surface area contributed by atoms with Gasteiger partial charge in [0.05, 0.1) is 6.26 Å². The van der Waals surface area contributed by atoms with E-state index in [1.165, 1.54) is 31.9 Å². The summed E-state index contributed by atoms with van der Waals surface area (Å²) < 4.78 is 24.3. The van der Waals surface area contributed by atoms with E-state index in [0.717, 1.165) is 5.92 Å². The SMILES string of the molecule is CC1CCCC(CNS(C)(=O)=O)C1. The first kappa shape index (κ1) is 11.0. The first-order chi connectivity index (χ1) is 5.97. The zero-order valence-corrected chi connectivity index (χ0v) is 9.23. The van der Waals surface area contributed by atoms with E-state index < -0.39 is 10.0 Å². The highest BCUT2D eigenvalue weighted by Crippen LogP contribution is 2.27. The predicted octanol–water partition coefficient (Wildman–Crippen LogP) is 1.36. The average Bonchev–Trinajstić information content (AvgIpc) is 2.00. The van der Waals surface area contributed by atoms with E-state index in [1.54, 1.807) is 0 Å². The lowest BCUT2D eigenvalue weighted by atomic mass is 9.83. The molecule has 1 saturated carbocycles. The van der Waals surface area contributed by atoms with Crippen LogP contribution in [0.1, 0.15) is 32.6 Å². The molecule has 0 aromatic rings. The van der Waals surface area contributed by atoms with Crippen LogP contribution in [0, 0.1) is 11.8 Å². The third-order valence-corrected chi connectivity index (χ3v) is 3.37. The van der Waals surface area contributed by atoms with Crippen molar-refractivity contribution in [2.45, 2.75) is 32.6 Å². The smallest absolute Gasteiger partial charge is 0.208 e. The summed E-state index contributed by atoms with van der Waals surface area (Å²) in [5.41, 5.74) is 0. The molecule has 1 fully saturated rings. The molecule has 0 aliphatic heterocycles. The third kappa shape index (κ3) is 4.62. The molecule has 2 atom stereocenters. The van der Waals surface area contributed by atoms with E-state index in [-0.39, 0.29) is 0 Å². The predicted molar refractivity (Wildman–Crippen MR) is 54.0 cm³/mol. The standard InChI is InChI=1S/C9H19NO2S/c1-8-4-3-5-9(6-8)7-10-13(2,11)12/h8-10H,3-7H2,1-2H3. The number of sulfonamides is 1. The minimum atomic E-state index is -2.99. The Balaban J connectivity index is 2.29. The van der Waals surface area contributed by atoms with Crippen molar-refractivity contribution < 1.29 is 8.42 Å². The highest BCUT2D eigenvalue weighted by atomic mass is 32.2. The van der Waals surface area contributed by atoms with Gasteiger partial charge in [0.1, 0.15) is 0 Å². The van der Waals surface area contributed by atoms with Crippen LogP contribution in [0.5, 0.6) is 0 Å². The van der Waals surface area contributed by atoms with Gasteiger partial charge < -0.3 is 0 Å². The van der Waals surface area contributed by atoms with E-state index in [2.05, 4.69) is 11.6 Å². The minimum Gasteiger partial charge on any atom is -0.215 e. The van der Waals surface area contributed by atoms with Gasteiger partial charge in [0.15, 0.2) is 0 Å². The monoisotopic (exact) mass is 205 g/mol. The molecule has 2 unspecified atom stereocenters. The quantitative estimate of drug-likeness (QED) is 0.756. The van der Waals surface area contributed by atoms with E-state index >= 15 is 0 Å². The molecule has 0 radical (unpaired) electrons. The number of rotatable bonds is 3. The summed E-state index contributed by atoms with van der Waals surface area (Å²) in [6, 6.07) is 0. The lowest BCUT2D eigenvalue weighted by molar-refractivity contribution is 0.283. The van der Waals surface area contributed by atoms with Gasteiger partial charge in [-0.25, -0.2) is 13.1 Å². The number of hydrogen-bond donors (Lipinski definition) is 1. The molecule has 0 bridgehead atoms. The fourth-order valence-corrected chi connectivity index (χ4v) is 2.55. The van der Waals surface area contributed by atoms with Crippen molar-refractivity contribution in [2.75, 3.05) is 12.8 Å². The molecule has 0 saturated heterocycles. The van der Waals surface area contributed by atoms with Crippen molar-refractivity contribution in [2.24, 2.45) is 11.8 Å². The fourth-order valence-electron chi connectivity index (χ4n) is 2.01. The Kier molecular flexibility index (Phi) is 3.74. The van der Waals surface area contributed by atoms with Gasteiger partial charge in [0.25, 0.3) is 0 Å². The molecule has 13 heavy (non-hydrogen) atoms. The van der Waals surface area contributed by atoms with Gasteiger partial charge in [-0.1, -0.05) is 19.8 Å². The van der Waals surface area contributed by atoms with E-state index in [9.17, 15) is 8.42 Å². The molecular weight excluding hydrogens is 186 g/mol. The zero-order valence-electron chi connectivity index (χ0n) is 8.41.